The van der Waals surface area contributed by atoms with Gasteiger partial charge in [0.2, 0.25) is 0 Å². The number of nitrogens with zero attached hydrogens (tertiary/aromatic N) is 2. The van der Waals surface area contributed by atoms with E-state index in [1.165, 1.54) is 5.56 Å². The molecular weight excluding hydrogens is 186 g/mol. The maximum Gasteiger partial charge on any atom is 0.128 e. The van der Waals surface area contributed by atoms with E-state index in [4.69, 9.17) is 5.73 Å². The Labute approximate surface area is 91.3 Å². The molecule has 3 heteroatoms. The molecule has 1 aromatic rings. The van der Waals surface area contributed by atoms with Crippen molar-refractivity contribution in [3.05, 3.63) is 23.9 Å². The van der Waals surface area contributed by atoms with Gasteiger partial charge in [0.25, 0.3) is 0 Å². The highest BCUT2D eigenvalue weighted by atomic mass is 15.2. The maximum absolute atomic E-state index is 6.07. The molecule has 1 fully saturated rings. The van der Waals surface area contributed by atoms with E-state index in [2.05, 4.69) is 29.8 Å². The molecule has 1 saturated heterocycles. The van der Waals surface area contributed by atoms with Crippen LogP contribution in [0.4, 0.5) is 5.82 Å². The molecule has 2 N–H and O–H groups in total. The predicted octanol–water partition coefficient (Wildman–Crippen LogP) is 1.56. The van der Waals surface area contributed by atoms with E-state index in [-0.39, 0.29) is 6.04 Å². The lowest BCUT2D eigenvalue weighted by atomic mass is 9.94. The molecule has 1 aliphatic heterocycles. The largest absolute Gasteiger partial charge is 0.355 e. The fourth-order valence-electron chi connectivity index (χ4n) is 2.00. The van der Waals surface area contributed by atoms with Crippen molar-refractivity contribution in [3.63, 3.8) is 0 Å². The number of rotatable bonds is 1. The van der Waals surface area contributed by atoms with Crippen LogP contribution in [0.2, 0.25) is 0 Å². The lowest BCUT2D eigenvalue weighted by Crippen LogP contribution is -2.47. The fourth-order valence-corrected chi connectivity index (χ4v) is 2.00. The molecule has 82 valence electrons. The summed E-state index contributed by atoms with van der Waals surface area (Å²) in [6, 6.07) is 4.43. The van der Waals surface area contributed by atoms with Crippen molar-refractivity contribution in [2.24, 2.45) is 11.7 Å². The van der Waals surface area contributed by atoms with Gasteiger partial charge in [-0.2, -0.15) is 0 Å². The van der Waals surface area contributed by atoms with E-state index in [0.29, 0.717) is 5.92 Å². The van der Waals surface area contributed by atoms with Crippen LogP contribution in [0.5, 0.6) is 0 Å². The smallest absolute Gasteiger partial charge is 0.128 e. The molecule has 2 atom stereocenters. The van der Waals surface area contributed by atoms with Gasteiger partial charge in [-0.3, -0.25) is 0 Å². The second-order valence-electron chi connectivity index (χ2n) is 4.57. The van der Waals surface area contributed by atoms with Crippen LogP contribution in [0.15, 0.2) is 18.3 Å². The number of piperidine rings is 1. The van der Waals surface area contributed by atoms with Gasteiger partial charge in [0.05, 0.1) is 0 Å². The molecule has 0 spiro atoms. The SMILES string of the molecule is Cc1ccnc(N2CCC(C)C(N)C2)c1. The van der Waals surface area contributed by atoms with Gasteiger partial charge in [0.1, 0.15) is 5.82 Å². The zero-order valence-electron chi connectivity index (χ0n) is 9.48. The first-order valence-corrected chi connectivity index (χ1v) is 5.60. The highest BCUT2D eigenvalue weighted by molar-refractivity contribution is 5.41. The van der Waals surface area contributed by atoms with Crippen LogP contribution in [0.25, 0.3) is 0 Å². The average molecular weight is 205 g/mol. The molecular formula is C12H19N3. The lowest BCUT2D eigenvalue weighted by Gasteiger charge is -2.35. The third-order valence-electron chi connectivity index (χ3n) is 3.24. The van der Waals surface area contributed by atoms with Gasteiger partial charge < -0.3 is 10.6 Å². The van der Waals surface area contributed by atoms with Crippen LogP contribution in [-0.4, -0.2) is 24.1 Å². The first-order valence-electron chi connectivity index (χ1n) is 5.60. The van der Waals surface area contributed by atoms with E-state index >= 15 is 0 Å². The lowest BCUT2D eigenvalue weighted by molar-refractivity contribution is 0.378. The quantitative estimate of drug-likeness (QED) is 0.756. The van der Waals surface area contributed by atoms with E-state index in [0.717, 1.165) is 25.3 Å². The summed E-state index contributed by atoms with van der Waals surface area (Å²) in [6.07, 6.45) is 3.03. The molecule has 0 saturated carbocycles. The van der Waals surface area contributed by atoms with Gasteiger partial charge in [-0.25, -0.2) is 4.98 Å². The van der Waals surface area contributed by atoms with Gasteiger partial charge in [-0.1, -0.05) is 6.92 Å². The summed E-state index contributed by atoms with van der Waals surface area (Å²) in [4.78, 5) is 6.68. The number of hydrogen-bond acceptors (Lipinski definition) is 3. The monoisotopic (exact) mass is 205 g/mol. The Balaban J connectivity index is 2.12. The summed E-state index contributed by atoms with van der Waals surface area (Å²) in [6.45, 7) is 6.33. The third kappa shape index (κ3) is 2.29. The minimum Gasteiger partial charge on any atom is -0.355 e. The number of aromatic nitrogens is 1. The molecule has 2 heterocycles. The number of hydrogen-bond donors (Lipinski definition) is 1. The molecule has 2 rings (SSSR count). The summed E-state index contributed by atoms with van der Waals surface area (Å²) in [5.41, 5.74) is 7.33. The molecule has 0 amide bonds. The Morgan fingerprint density at radius 2 is 2.33 bits per heavy atom. The van der Waals surface area contributed by atoms with E-state index < -0.39 is 0 Å². The van der Waals surface area contributed by atoms with Crippen LogP contribution in [0.1, 0.15) is 18.9 Å². The van der Waals surface area contributed by atoms with Gasteiger partial charge in [-0.05, 0) is 37.0 Å². The fraction of sp³-hybridized carbons (Fsp3) is 0.583. The Morgan fingerprint density at radius 3 is 3.00 bits per heavy atom. The predicted molar refractivity (Wildman–Crippen MR) is 62.9 cm³/mol. The van der Waals surface area contributed by atoms with Crippen molar-refractivity contribution < 1.29 is 0 Å². The van der Waals surface area contributed by atoms with Crippen LogP contribution in [0.3, 0.4) is 0 Å². The summed E-state index contributed by atoms with van der Waals surface area (Å²) in [5, 5.41) is 0. The Kier molecular flexibility index (Phi) is 2.91. The zero-order valence-corrected chi connectivity index (χ0v) is 9.48. The Hall–Kier alpha value is -1.09. The molecule has 3 nitrogen and oxygen atoms in total. The normalized spacial score (nSPS) is 26.7. The molecule has 15 heavy (non-hydrogen) atoms. The molecule has 1 aliphatic rings. The van der Waals surface area contributed by atoms with Gasteiger partial charge in [0.15, 0.2) is 0 Å². The first kappa shape index (κ1) is 10.4. The molecule has 1 aromatic heterocycles. The Bertz CT molecular complexity index is 337. The van der Waals surface area contributed by atoms with Gasteiger partial charge >= 0.3 is 0 Å². The summed E-state index contributed by atoms with van der Waals surface area (Å²) in [7, 11) is 0. The second kappa shape index (κ2) is 4.19. The van der Waals surface area contributed by atoms with Crippen molar-refractivity contribution in [2.75, 3.05) is 18.0 Å². The summed E-state index contributed by atoms with van der Waals surface area (Å²) >= 11 is 0. The van der Waals surface area contributed by atoms with Crippen molar-refractivity contribution in [1.82, 2.24) is 4.98 Å². The molecule has 0 aromatic carbocycles. The van der Waals surface area contributed by atoms with E-state index in [1.54, 1.807) is 0 Å². The third-order valence-corrected chi connectivity index (χ3v) is 3.24. The summed E-state index contributed by atoms with van der Waals surface area (Å²) in [5.74, 6) is 1.70. The number of nitrogens with two attached hydrogens (primary N) is 1. The first-order chi connectivity index (χ1) is 7.16. The second-order valence-corrected chi connectivity index (χ2v) is 4.57. The summed E-state index contributed by atoms with van der Waals surface area (Å²) < 4.78 is 0. The molecule has 0 aliphatic carbocycles. The van der Waals surface area contributed by atoms with Crippen LogP contribution < -0.4 is 10.6 Å². The average Bonchev–Trinajstić information content (AvgIpc) is 2.22. The minimum absolute atomic E-state index is 0.279. The van der Waals surface area contributed by atoms with E-state index in [9.17, 15) is 0 Å². The Morgan fingerprint density at radius 1 is 1.53 bits per heavy atom. The number of pyridine rings is 1. The number of anilines is 1. The van der Waals surface area contributed by atoms with Crippen molar-refractivity contribution in [1.29, 1.82) is 0 Å². The topological polar surface area (TPSA) is 42.2 Å². The zero-order chi connectivity index (χ0) is 10.8. The molecule has 0 radical (unpaired) electrons. The van der Waals surface area contributed by atoms with Crippen LogP contribution >= 0.6 is 0 Å². The maximum atomic E-state index is 6.07. The van der Waals surface area contributed by atoms with Crippen molar-refractivity contribution >= 4 is 5.82 Å². The van der Waals surface area contributed by atoms with Gasteiger partial charge in [0, 0.05) is 25.3 Å². The minimum atomic E-state index is 0.279. The van der Waals surface area contributed by atoms with Crippen molar-refractivity contribution in [2.45, 2.75) is 26.3 Å². The highest BCUT2D eigenvalue weighted by Gasteiger charge is 2.23. The molecule has 0 bridgehead atoms. The number of aryl methyl sites for hydroxylation is 1. The molecule has 2 unspecified atom stereocenters. The van der Waals surface area contributed by atoms with Crippen LogP contribution in [-0.2, 0) is 0 Å². The standard InChI is InChI=1S/C12H19N3/c1-9-3-5-14-12(7-9)15-6-4-10(2)11(13)8-15/h3,5,7,10-11H,4,6,8,13H2,1-2H3. The van der Waals surface area contributed by atoms with Crippen molar-refractivity contribution in [3.8, 4) is 0 Å². The highest BCUT2D eigenvalue weighted by Crippen LogP contribution is 2.20. The van der Waals surface area contributed by atoms with E-state index in [1.807, 2.05) is 12.3 Å². The van der Waals surface area contributed by atoms with Gasteiger partial charge in [-0.15, -0.1) is 0 Å². The van der Waals surface area contributed by atoms with Crippen LogP contribution in [0, 0.1) is 12.8 Å².